The first kappa shape index (κ1) is 19.2. The average Bonchev–Trinajstić information content (AvgIpc) is 2.64. The molecule has 0 bridgehead atoms. The van der Waals surface area contributed by atoms with Crippen LogP contribution in [0, 0.1) is 11.8 Å². The van der Waals surface area contributed by atoms with E-state index in [1.165, 1.54) is 11.1 Å². The van der Waals surface area contributed by atoms with Crippen LogP contribution in [-0.4, -0.2) is 10.9 Å². The van der Waals surface area contributed by atoms with E-state index in [2.05, 4.69) is 48.6 Å². The molecule has 1 fully saturated rings. The van der Waals surface area contributed by atoms with Gasteiger partial charge in [-0.2, -0.15) is 0 Å². The Balaban J connectivity index is 2.01. The molecule has 26 heavy (non-hydrogen) atoms. The summed E-state index contributed by atoms with van der Waals surface area (Å²) in [6, 6.07) is 16.3. The summed E-state index contributed by atoms with van der Waals surface area (Å²) >= 11 is 12.1. The Morgan fingerprint density at radius 2 is 1.42 bits per heavy atom. The van der Waals surface area contributed by atoms with Crippen molar-refractivity contribution in [2.24, 2.45) is 17.0 Å². The van der Waals surface area contributed by atoms with E-state index in [1.54, 1.807) is 0 Å². The lowest BCUT2D eigenvalue weighted by Crippen LogP contribution is -2.91. The van der Waals surface area contributed by atoms with Crippen LogP contribution in [0.2, 0.25) is 10.0 Å². The van der Waals surface area contributed by atoms with Crippen molar-refractivity contribution in [3.8, 4) is 0 Å². The first-order chi connectivity index (χ1) is 12.5. The van der Waals surface area contributed by atoms with Gasteiger partial charge in [-0.3, -0.25) is 0 Å². The Labute approximate surface area is 165 Å². The third kappa shape index (κ3) is 3.90. The molecule has 1 aliphatic rings. The first-order valence-corrected chi connectivity index (χ1v) is 9.88. The Bertz CT molecular complexity index is 759. The van der Waals surface area contributed by atoms with Crippen molar-refractivity contribution in [1.29, 1.82) is 0 Å². The van der Waals surface area contributed by atoms with Gasteiger partial charge in [0, 0.05) is 21.2 Å². The molecule has 2 aromatic carbocycles. The predicted octanol–water partition coefficient (Wildman–Crippen LogP) is 5.24. The van der Waals surface area contributed by atoms with Crippen molar-refractivity contribution in [2.75, 3.05) is 0 Å². The zero-order valence-electron chi connectivity index (χ0n) is 15.1. The number of nitrogens with zero attached hydrogens (tertiary/aromatic N) is 1. The largest absolute Gasteiger partial charge is 0.411 e. The summed E-state index contributed by atoms with van der Waals surface area (Å²) in [6.07, 6.45) is 2.03. The van der Waals surface area contributed by atoms with Gasteiger partial charge in [-0.05, 0) is 30.7 Å². The molecule has 138 valence electrons. The van der Waals surface area contributed by atoms with Crippen LogP contribution in [0.5, 0.6) is 0 Å². The van der Waals surface area contributed by atoms with Crippen LogP contribution in [0.4, 0.5) is 0 Å². The van der Waals surface area contributed by atoms with Crippen LogP contribution in [0.15, 0.2) is 53.7 Å². The van der Waals surface area contributed by atoms with Gasteiger partial charge >= 0.3 is 0 Å². The molecule has 2 aromatic rings. The smallest absolute Gasteiger partial charge is 0.120 e. The molecule has 0 saturated carbocycles. The number of rotatable bonds is 4. The van der Waals surface area contributed by atoms with Gasteiger partial charge in [-0.1, -0.05) is 72.9 Å². The second kappa shape index (κ2) is 8.43. The summed E-state index contributed by atoms with van der Waals surface area (Å²) in [4.78, 5) is 0. The Morgan fingerprint density at radius 1 is 0.923 bits per heavy atom. The quantitative estimate of drug-likeness (QED) is 0.543. The van der Waals surface area contributed by atoms with Crippen molar-refractivity contribution in [3.63, 3.8) is 0 Å². The lowest BCUT2D eigenvalue weighted by Gasteiger charge is -2.39. The van der Waals surface area contributed by atoms with Gasteiger partial charge in [0.1, 0.15) is 12.1 Å². The fourth-order valence-electron chi connectivity index (χ4n) is 4.15. The summed E-state index contributed by atoms with van der Waals surface area (Å²) in [5, 5.41) is 17.4. The molecule has 3 nitrogen and oxygen atoms in total. The maximum Gasteiger partial charge on any atom is 0.120 e. The van der Waals surface area contributed by atoms with Crippen LogP contribution in [0.25, 0.3) is 0 Å². The van der Waals surface area contributed by atoms with Crippen molar-refractivity contribution < 1.29 is 10.5 Å². The lowest BCUT2D eigenvalue weighted by atomic mass is 9.73. The van der Waals surface area contributed by atoms with Crippen LogP contribution >= 0.6 is 23.2 Å². The number of nitrogens with two attached hydrogens (primary N) is 1. The van der Waals surface area contributed by atoms with Crippen LogP contribution in [0.1, 0.15) is 49.9 Å². The Hall–Kier alpha value is -1.55. The molecule has 0 spiro atoms. The van der Waals surface area contributed by atoms with E-state index in [1.807, 2.05) is 24.3 Å². The summed E-state index contributed by atoms with van der Waals surface area (Å²) in [5.41, 5.74) is 3.28. The maximum atomic E-state index is 9.81. The molecule has 1 aliphatic heterocycles. The molecule has 0 aromatic heterocycles. The Morgan fingerprint density at radius 3 is 1.88 bits per heavy atom. The van der Waals surface area contributed by atoms with Gasteiger partial charge < -0.3 is 10.5 Å². The molecule has 0 aliphatic carbocycles. The standard InChI is InChI=1S/C21H24Cl2N2O/c1-3-4-18-20(25-26)13(2)19(14-5-9-16(22)10-6-14)24-21(18)15-7-11-17(23)12-8-15/h5-13,18-19,21,24,26H,3-4H2,1-2H3/p+1/b25-20+/t13-,18+,19-,21-/m0/s1. The summed E-state index contributed by atoms with van der Waals surface area (Å²) in [5.74, 6) is 0.339. The summed E-state index contributed by atoms with van der Waals surface area (Å²) < 4.78 is 0. The van der Waals surface area contributed by atoms with Gasteiger partial charge in [0.05, 0.1) is 17.5 Å². The maximum absolute atomic E-state index is 9.81. The van der Waals surface area contributed by atoms with Crippen molar-refractivity contribution in [2.45, 2.75) is 38.8 Å². The summed E-state index contributed by atoms with van der Waals surface area (Å²) in [6.45, 7) is 4.31. The summed E-state index contributed by atoms with van der Waals surface area (Å²) in [7, 11) is 0. The number of piperidine rings is 1. The first-order valence-electron chi connectivity index (χ1n) is 9.13. The zero-order valence-corrected chi connectivity index (χ0v) is 16.6. The van der Waals surface area contributed by atoms with Crippen LogP contribution < -0.4 is 5.32 Å². The van der Waals surface area contributed by atoms with Crippen molar-refractivity contribution in [1.82, 2.24) is 0 Å². The highest BCUT2D eigenvalue weighted by atomic mass is 35.5. The highest BCUT2D eigenvalue weighted by Gasteiger charge is 2.44. The van der Waals surface area contributed by atoms with Gasteiger partial charge in [0.2, 0.25) is 0 Å². The molecule has 0 amide bonds. The lowest BCUT2D eigenvalue weighted by molar-refractivity contribution is -0.747. The normalized spacial score (nSPS) is 27.6. The topological polar surface area (TPSA) is 49.2 Å². The van der Waals surface area contributed by atoms with E-state index in [0.29, 0.717) is 0 Å². The molecule has 1 saturated heterocycles. The van der Waals surface area contributed by atoms with Crippen molar-refractivity contribution in [3.05, 3.63) is 69.7 Å². The minimum atomic E-state index is 0.140. The van der Waals surface area contributed by atoms with E-state index in [4.69, 9.17) is 23.2 Å². The number of hydrogen-bond acceptors (Lipinski definition) is 2. The van der Waals surface area contributed by atoms with Gasteiger partial charge in [-0.25, -0.2) is 0 Å². The number of oxime groups is 1. The second-order valence-corrected chi connectivity index (χ2v) is 7.93. The molecular formula is C21H25Cl2N2O+. The monoisotopic (exact) mass is 391 g/mol. The minimum absolute atomic E-state index is 0.140. The molecule has 1 heterocycles. The molecule has 0 radical (unpaired) electrons. The van der Waals surface area contributed by atoms with Gasteiger partial charge in [0.25, 0.3) is 0 Å². The van der Waals surface area contributed by atoms with E-state index in [0.717, 1.165) is 28.6 Å². The number of benzene rings is 2. The SMILES string of the molecule is CCC[C@@H]1/C(=N/O)[C@@H](C)[C@@H](c2ccc(Cl)cc2)[NH2+][C@H]1c1ccc(Cl)cc1. The number of hydrogen-bond donors (Lipinski definition) is 2. The molecule has 4 atom stereocenters. The zero-order chi connectivity index (χ0) is 18.7. The number of halogens is 2. The minimum Gasteiger partial charge on any atom is -0.411 e. The molecule has 0 unspecified atom stereocenters. The van der Waals surface area contributed by atoms with E-state index in [-0.39, 0.29) is 23.9 Å². The fraction of sp³-hybridized carbons (Fsp3) is 0.381. The third-order valence-electron chi connectivity index (χ3n) is 5.46. The second-order valence-electron chi connectivity index (χ2n) is 7.06. The van der Waals surface area contributed by atoms with Gasteiger partial charge in [-0.15, -0.1) is 0 Å². The van der Waals surface area contributed by atoms with Crippen LogP contribution in [-0.2, 0) is 0 Å². The number of quaternary nitrogens is 1. The van der Waals surface area contributed by atoms with E-state index >= 15 is 0 Å². The molecule has 3 N–H and O–H groups in total. The van der Waals surface area contributed by atoms with Crippen LogP contribution in [0.3, 0.4) is 0 Å². The van der Waals surface area contributed by atoms with E-state index < -0.39 is 0 Å². The van der Waals surface area contributed by atoms with Gasteiger partial charge in [0.15, 0.2) is 0 Å². The van der Waals surface area contributed by atoms with E-state index in [9.17, 15) is 5.21 Å². The van der Waals surface area contributed by atoms with Crippen molar-refractivity contribution >= 4 is 28.9 Å². The molecular weight excluding hydrogens is 367 g/mol. The predicted molar refractivity (Wildman–Crippen MR) is 107 cm³/mol. The fourth-order valence-corrected chi connectivity index (χ4v) is 4.40. The molecule has 5 heteroatoms. The highest BCUT2D eigenvalue weighted by molar-refractivity contribution is 6.30. The third-order valence-corrected chi connectivity index (χ3v) is 5.96. The molecule has 3 rings (SSSR count). The average molecular weight is 392 g/mol. The highest BCUT2D eigenvalue weighted by Crippen LogP contribution is 2.36. The Kier molecular flexibility index (Phi) is 6.23.